The minimum absolute atomic E-state index is 0.0531. The van der Waals surface area contributed by atoms with Gasteiger partial charge in [-0.05, 0) is 30.7 Å². The quantitative estimate of drug-likeness (QED) is 0.384. The van der Waals surface area contributed by atoms with E-state index in [9.17, 15) is 13.6 Å². The number of hydrogen-bond donors (Lipinski definition) is 4. The Labute approximate surface area is 152 Å². The SMILES string of the molecule is Cc1ccc(Nc2c(C(=O)NOCC(O)O)cc(F)c3cncn23)c(F)c1. The Hall–Kier alpha value is -3.08. The van der Waals surface area contributed by atoms with Crippen molar-refractivity contribution < 1.29 is 28.6 Å². The first-order valence-electron chi connectivity index (χ1n) is 7.83. The molecule has 0 aliphatic heterocycles. The molecule has 2 aromatic heterocycles. The minimum atomic E-state index is -1.79. The van der Waals surface area contributed by atoms with Crippen LogP contribution in [0.5, 0.6) is 0 Å². The lowest BCUT2D eigenvalue weighted by atomic mass is 10.2. The summed E-state index contributed by atoms with van der Waals surface area (Å²) in [6.45, 7) is 1.14. The van der Waals surface area contributed by atoms with Gasteiger partial charge in [-0.3, -0.25) is 14.0 Å². The molecular formula is C17H16F2N4O4. The first-order chi connectivity index (χ1) is 12.9. The van der Waals surface area contributed by atoms with Gasteiger partial charge in [0.2, 0.25) is 0 Å². The van der Waals surface area contributed by atoms with E-state index in [1.807, 2.05) is 5.48 Å². The topological polar surface area (TPSA) is 108 Å². The van der Waals surface area contributed by atoms with Crippen molar-refractivity contribution in [3.63, 3.8) is 0 Å². The minimum Gasteiger partial charge on any atom is -0.366 e. The van der Waals surface area contributed by atoms with Crippen LogP contribution in [0.15, 0.2) is 36.8 Å². The zero-order chi connectivity index (χ0) is 19.6. The number of amides is 1. The van der Waals surface area contributed by atoms with Crippen LogP contribution in [-0.4, -0.2) is 38.4 Å². The number of rotatable bonds is 6. The summed E-state index contributed by atoms with van der Waals surface area (Å²) < 4.78 is 29.8. The van der Waals surface area contributed by atoms with Gasteiger partial charge in [-0.2, -0.15) is 0 Å². The summed E-state index contributed by atoms with van der Waals surface area (Å²) >= 11 is 0. The third kappa shape index (κ3) is 4.03. The average molecular weight is 378 g/mol. The van der Waals surface area contributed by atoms with Crippen molar-refractivity contribution in [1.29, 1.82) is 0 Å². The number of benzene rings is 1. The number of nitrogens with one attached hydrogen (secondary N) is 2. The van der Waals surface area contributed by atoms with Gasteiger partial charge >= 0.3 is 0 Å². The van der Waals surface area contributed by atoms with Gasteiger partial charge in [0.1, 0.15) is 35.9 Å². The number of aryl methyl sites for hydroxylation is 1. The largest absolute Gasteiger partial charge is 0.366 e. The molecule has 27 heavy (non-hydrogen) atoms. The van der Waals surface area contributed by atoms with Crippen molar-refractivity contribution in [2.24, 2.45) is 0 Å². The summed E-state index contributed by atoms with van der Waals surface area (Å²) in [4.78, 5) is 20.8. The molecule has 142 valence electrons. The highest BCUT2D eigenvalue weighted by Gasteiger charge is 2.20. The molecule has 0 saturated heterocycles. The molecule has 0 aliphatic carbocycles. The van der Waals surface area contributed by atoms with Crippen LogP contribution in [0.3, 0.4) is 0 Å². The fourth-order valence-corrected chi connectivity index (χ4v) is 2.44. The highest BCUT2D eigenvalue weighted by Crippen LogP contribution is 2.27. The monoisotopic (exact) mass is 378 g/mol. The number of aliphatic hydroxyl groups excluding tert-OH is 1. The van der Waals surface area contributed by atoms with E-state index in [1.165, 1.54) is 29.1 Å². The standard InChI is InChI=1S/C17H16F2N4O4/c1-9-2-3-13(11(18)4-9)21-16-10(17(26)22-27-7-15(24)25)5-12(19)14-6-20-8-23(14)16/h2-6,8,15,21,24-25H,7H2,1H3,(H,22,26). The summed E-state index contributed by atoms with van der Waals surface area (Å²) in [5, 5.41) is 20.3. The fraction of sp³-hybridized carbons (Fsp3) is 0.176. The second-order valence-corrected chi connectivity index (χ2v) is 5.73. The number of anilines is 2. The summed E-state index contributed by atoms with van der Waals surface area (Å²) in [6.07, 6.45) is 0.728. The number of aromatic nitrogens is 2. The molecule has 1 amide bonds. The van der Waals surface area contributed by atoms with Gasteiger partial charge in [0.25, 0.3) is 5.91 Å². The summed E-state index contributed by atoms with van der Waals surface area (Å²) in [6, 6.07) is 5.41. The van der Waals surface area contributed by atoms with Crippen LogP contribution in [-0.2, 0) is 4.84 Å². The van der Waals surface area contributed by atoms with Gasteiger partial charge < -0.3 is 15.5 Å². The Balaban J connectivity index is 2.02. The first-order valence-corrected chi connectivity index (χ1v) is 7.83. The molecule has 0 unspecified atom stereocenters. The van der Waals surface area contributed by atoms with E-state index in [1.54, 1.807) is 13.0 Å². The maximum absolute atomic E-state index is 14.3. The Morgan fingerprint density at radius 1 is 1.30 bits per heavy atom. The first kappa shape index (κ1) is 18.7. The molecule has 0 bridgehead atoms. The maximum atomic E-state index is 14.3. The van der Waals surface area contributed by atoms with Crippen LogP contribution in [0, 0.1) is 18.6 Å². The Morgan fingerprint density at radius 3 is 2.78 bits per heavy atom. The summed E-state index contributed by atoms with van der Waals surface area (Å²) in [5.41, 5.74) is 2.62. The number of carbonyl (C=O) groups is 1. The maximum Gasteiger partial charge on any atom is 0.278 e. The number of nitrogens with zero attached hydrogens (tertiary/aromatic N) is 2. The molecule has 0 aliphatic rings. The lowest BCUT2D eigenvalue weighted by molar-refractivity contribution is -0.111. The molecule has 0 radical (unpaired) electrons. The molecule has 2 heterocycles. The number of hydroxylamine groups is 1. The summed E-state index contributed by atoms with van der Waals surface area (Å²) in [5.74, 6) is -2.11. The number of fused-ring (bicyclic) bond motifs is 1. The number of imidazole rings is 1. The predicted octanol–water partition coefficient (Wildman–Crippen LogP) is 1.64. The number of carbonyl (C=O) groups excluding carboxylic acids is 1. The Kier molecular flexibility index (Phi) is 5.31. The molecule has 0 fully saturated rings. The van der Waals surface area contributed by atoms with Gasteiger partial charge in [-0.15, -0.1) is 0 Å². The number of halogens is 2. The van der Waals surface area contributed by atoms with E-state index in [0.29, 0.717) is 5.56 Å². The molecule has 0 atom stereocenters. The number of hydrogen-bond acceptors (Lipinski definition) is 6. The molecular weight excluding hydrogens is 362 g/mol. The lowest BCUT2D eigenvalue weighted by Gasteiger charge is -2.16. The highest BCUT2D eigenvalue weighted by atomic mass is 19.1. The van der Waals surface area contributed by atoms with E-state index in [4.69, 9.17) is 10.2 Å². The van der Waals surface area contributed by atoms with Crippen LogP contribution in [0.4, 0.5) is 20.3 Å². The third-order valence-electron chi connectivity index (χ3n) is 3.67. The van der Waals surface area contributed by atoms with E-state index >= 15 is 0 Å². The van der Waals surface area contributed by atoms with Crippen LogP contribution in [0.2, 0.25) is 0 Å². The Bertz CT molecular complexity index is 990. The van der Waals surface area contributed by atoms with Crippen molar-refractivity contribution in [2.75, 3.05) is 11.9 Å². The van der Waals surface area contributed by atoms with Crippen molar-refractivity contribution in [2.45, 2.75) is 13.2 Å². The van der Waals surface area contributed by atoms with Gasteiger partial charge in [-0.25, -0.2) is 19.2 Å². The normalized spacial score (nSPS) is 11.2. The molecule has 10 heteroatoms. The molecule has 0 saturated carbocycles. The van der Waals surface area contributed by atoms with Gasteiger partial charge in [0.05, 0.1) is 17.4 Å². The van der Waals surface area contributed by atoms with Gasteiger partial charge in [-0.1, -0.05) is 6.07 Å². The van der Waals surface area contributed by atoms with E-state index in [2.05, 4.69) is 15.1 Å². The number of aliphatic hydroxyl groups is 2. The predicted molar refractivity (Wildman–Crippen MR) is 91.2 cm³/mol. The zero-order valence-corrected chi connectivity index (χ0v) is 14.1. The smallest absolute Gasteiger partial charge is 0.278 e. The van der Waals surface area contributed by atoms with Crippen LogP contribution in [0.1, 0.15) is 15.9 Å². The Morgan fingerprint density at radius 2 is 2.07 bits per heavy atom. The third-order valence-corrected chi connectivity index (χ3v) is 3.67. The van der Waals surface area contributed by atoms with Crippen LogP contribution < -0.4 is 10.8 Å². The highest BCUT2D eigenvalue weighted by molar-refractivity contribution is 5.99. The molecule has 3 aromatic rings. The van der Waals surface area contributed by atoms with E-state index in [-0.39, 0.29) is 22.6 Å². The zero-order valence-electron chi connectivity index (χ0n) is 14.1. The summed E-state index contributed by atoms with van der Waals surface area (Å²) in [7, 11) is 0. The molecule has 8 nitrogen and oxygen atoms in total. The second kappa shape index (κ2) is 7.66. The molecule has 1 aromatic carbocycles. The van der Waals surface area contributed by atoms with Crippen molar-refractivity contribution in [3.05, 3.63) is 59.6 Å². The molecule has 4 N–H and O–H groups in total. The van der Waals surface area contributed by atoms with E-state index < -0.39 is 30.4 Å². The van der Waals surface area contributed by atoms with Crippen molar-refractivity contribution in [3.8, 4) is 0 Å². The lowest BCUT2D eigenvalue weighted by Crippen LogP contribution is -2.29. The average Bonchev–Trinajstić information content (AvgIpc) is 3.09. The van der Waals surface area contributed by atoms with Crippen LogP contribution in [0.25, 0.3) is 5.52 Å². The van der Waals surface area contributed by atoms with Crippen molar-refractivity contribution in [1.82, 2.24) is 14.9 Å². The molecule has 3 rings (SSSR count). The van der Waals surface area contributed by atoms with Crippen LogP contribution >= 0.6 is 0 Å². The molecule has 0 spiro atoms. The van der Waals surface area contributed by atoms with Gasteiger partial charge in [0, 0.05) is 0 Å². The fourth-order valence-electron chi connectivity index (χ4n) is 2.44. The van der Waals surface area contributed by atoms with E-state index in [0.717, 1.165) is 6.07 Å². The van der Waals surface area contributed by atoms with Crippen molar-refractivity contribution >= 4 is 22.9 Å². The second-order valence-electron chi connectivity index (χ2n) is 5.73. The number of pyridine rings is 1. The van der Waals surface area contributed by atoms with Gasteiger partial charge in [0.15, 0.2) is 6.29 Å².